The number of nitrogens with one attached hydrogen (secondary N) is 1. The molecule has 0 heterocycles. The first kappa shape index (κ1) is 32.4. The van der Waals surface area contributed by atoms with Crippen LogP contribution in [0.25, 0.3) is 0 Å². The lowest BCUT2D eigenvalue weighted by Gasteiger charge is -2.33. The number of hydrogen-bond donors (Lipinski definition) is 1. The molecule has 220 valence electrons. The summed E-state index contributed by atoms with van der Waals surface area (Å²) in [7, 11) is -4.37. The molecule has 0 aromatic heterocycles. The third-order valence-electron chi connectivity index (χ3n) is 6.56. The number of carbonyl (C=O) groups is 2. The van der Waals surface area contributed by atoms with Crippen molar-refractivity contribution in [2.75, 3.05) is 17.4 Å². The maximum atomic E-state index is 15.0. The van der Waals surface area contributed by atoms with E-state index in [1.54, 1.807) is 37.3 Å². The molecule has 0 aliphatic rings. The van der Waals surface area contributed by atoms with Gasteiger partial charge >= 0.3 is 0 Å². The summed E-state index contributed by atoms with van der Waals surface area (Å²) < 4.78 is 43.4. The van der Waals surface area contributed by atoms with Crippen LogP contribution < -0.4 is 9.62 Å². The first-order valence-electron chi connectivity index (χ1n) is 13.3. The molecule has 0 radical (unpaired) electrons. The monoisotopic (exact) mass is 621 g/mol. The number of amides is 2. The van der Waals surface area contributed by atoms with Crippen LogP contribution in [-0.4, -0.2) is 44.3 Å². The Morgan fingerprint density at radius 1 is 0.976 bits per heavy atom. The lowest BCUT2D eigenvalue weighted by molar-refractivity contribution is -0.140. The Hall–Kier alpha value is -3.14. The summed E-state index contributed by atoms with van der Waals surface area (Å²) in [6.45, 7) is 5.21. The first-order valence-corrected chi connectivity index (χ1v) is 15.5. The normalized spacial score (nSPS) is 12.0. The molecule has 2 amide bonds. The van der Waals surface area contributed by atoms with Gasteiger partial charge in [0.25, 0.3) is 10.0 Å². The Labute approximate surface area is 251 Å². The minimum Gasteiger partial charge on any atom is -0.354 e. The molecule has 0 aliphatic carbocycles. The van der Waals surface area contributed by atoms with E-state index in [0.29, 0.717) is 17.1 Å². The van der Waals surface area contributed by atoms with Crippen molar-refractivity contribution in [1.82, 2.24) is 10.2 Å². The fourth-order valence-corrected chi connectivity index (χ4v) is 6.01. The Morgan fingerprint density at radius 2 is 1.66 bits per heavy atom. The summed E-state index contributed by atoms with van der Waals surface area (Å²) in [5.41, 5.74) is 1.15. The van der Waals surface area contributed by atoms with Gasteiger partial charge in [0.15, 0.2) is 0 Å². The summed E-state index contributed by atoms with van der Waals surface area (Å²) in [5, 5.41) is 3.46. The maximum Gasteiger partial charge on any atom is 0.264 e. The summed E-state index contributed by atoms with van der Waals surface area (Å²) in [5.74, 6) is -1.86. The zero-order valence-corrected chi connectivity index (χ0v) is 25.6. The second-order valence-electron chi connectivity index (χ2n) is 9.61. The highest BCUT2D eigenvalue weighted by Gasteiger charge is 2.34. The fourth-order valence-electron chi connectivity index (χ4n) is 4.27. The van der Waals surface area contributed by atoms with Gasteiger partial charge < -0.3 is 10.2 Å². The standard InChI is InChI=1S/C30H34Cl2FN3O4S/c1-4-6-17-34-30(38)27(5-2)35(19-22-13-16-24(31)25(32)18-22)29(37)20-36(28-10-8-7-9-26(28)33)41(39,40)23-14-11-21(3)12-15-23/h7-16,18,27H,4-6,17,19-20H2,1-3H3,(H,34,38)/t27-/m1/s1. The van der Waals surface area contributed by atoms with E-state index >= 15 is 4.39 Å². The van der Waals surface area contributed by atoms with Crippen molar-refractivity contribution in [2.24, 2.45) is 0 Å². The van der Waals surface area contributed by atoms with E-state index in [4.69, 9.17) is 23.2 Å². The molecule has 0 bridgehead atoms. The summed E-state index contributed by atoms with van der Waals surface area (Å²) in [6.07, 6.45) is 1.89. The molecule has 41 heavy (non-hydrogen) atoms. The molecule has 0 unspecified atom stereocenters. The number of hydrogen-bond acceptors (Lipinski definition) is 4. The fraction of sp³-hybridized carbons (Fsp3) is 0.333. The van der Waals surface area contributed by atoms with Gasteiger partial charge in [-0.2, -0.15) is 0 Å². The molecule has 1 atom stereocenters. The molecule has 0 fully saturated rings. The number of benzene rings is 3. The number of halogens is 3. The van der Waals surface area contributed by atoms with Crippen molar-refractivity contribution in [2.45, 2.75) is 57.5 Å². The van der Waals surface area contributed by atoms with Crippen LogP contribution in [-0.2, 0) is 26.2 Å². The molecule has 0 spiro atoms. The number of aryl methyl sites for hydroxylation is 1. The van der Waals surface area contributed by atoms with Gasteiger partial charge in [-0.15, -0.1) is 0 Å². The van der Waals surface area contributed by atoms with Gasteiger partial charge in [-0.25, -0.2) is 12.8 Å². The number of para-hydroxylation sites is 1. The van der Waals surface area contributed by atoms with E-state index in [1.807, 2.05) is 13.8 Å². The topological polar surface area (TPSA) is 86.8 Å². The third-order valence-corrected chi connectivity index (χ3v) is 9.07. The van der Waals surface area contributed by atoms with Crippen molar-refractivity contribution in [3.05, 3.63) is 93.7 Å². The number of sulfonamides is 1. The van der Waals surface area contributed by atoms with E-state index in [-0.39, 0.29) is 34.5 Å². The second-order valence-corrected chi connectivity index (χ2v) is 12.3. The van der Waals surface area contributed by atoms with Gasteiger partial charge in [-0.1, -0.05) is 79.4 Å². The second kappa shape index (κ2) is 14.7. The van der Waals surface area contributed by atoms with Crippen molar-refractivity contribution >= 4 is 50.7 Å². The average molecular weight is 623 g/mol. The smallest absolute Gasteiger partial charge is 0.264 e. The zero-order chi connectivity index (χ0) is 30.2. The molecule has 7 nitrogen and oxygen atoms in total. The van der Waals surface area contributed by atoms with E-state index in [1.165, 1.54) is 35.2 Å². The minimum atomic E-state index is -4.37. The minimum absolute atomic E-state index is 0.0505. The van der Waals surface area contributed by atoms with Crippen LogP contribution >= 0.6 is 23.2 Å². The average Bonchev–Trinajstić information content (AvgIpc) is 2.94. The molecule has 3 aromatic rings. The van der Waals surface area contributed by atoms with Crippen molar-refractivity contribution in [3.8, 4) is 0 Å². The van der Waals surface area contributed by atoms with Crippen molar-refractivity contribution in [3.63, 3.8) is 0 Å². The number of nitrogens with zero attached hydrogens (tertiary/aromatic N) is 2. The summed E-state index contributed by atoms with van der Waals surface area (Å²) in [6, 6.07) is 15.3. The van der Waals surface area contributed by atoms with Crippen LogP contribution in [0.3, 0.4) is 0 Å². The van der Waals surface area contributed by atoms with Crippen LogP contribution in [0.1, 0.15) is 44.2 Å². The lowest BCUT2D eigenvalue weighted by atomic mass is 10.1. The van der Waals surface area contributed by atoms with E-state index in [9.17, 15) is 18.0 Å². The predicted molar refractivity (Wildman–Crippen MR) is 161 cm³/mol. The Morgan fingerprint density at radius 3 is 2.27 bits per heavy atom. The molecule has 1 N–H and O–H groups in total. The van der Waals surface area contributed by atoms with Gasteiger partial charge in [0.05, 0.1) is 20.6 Å². The van der Waals surface area contributed by atoms with Crippen LogP contribution in [0.5, 0.6) is 0 Å². The molecular formula is C30H34Cl2FN3O4S. The Kier molecular flexibility index (Phi) is 11.6. The number of anilines is 1. The SMILES string of the molecule is CCCCNC(=O)[C@@H](CC)N(Cc1ccc(Cl)c(Cl)c1)C(=O)CN(c1ccccc1F)S(=O)(=O)c1ccc(C)cc1. The summed E-state index contributed by atoms with van der Waals surface area (Å²) >= 11 is 12.3. The van der Waals surface area contributed by atoms with Crippen LogP contribution in [0.15, 0.2) is 71.6 Å². The van der Waals surface area contributed by atoms with Gasteiger partial charge in [-0.05, 0) is 61.7 Å². The van der Waals surface area contributed by atoms with E-state index in [0.717, 1.165) is 28.8 Å². The van der Waals surface area contributed by atoms with E-state index < -0.39 is 34.3 Å². The van der Waals surface area contributed by atoms with E-state index in [2.05, 4.69) is 5.32 Å². The van der Waals surface area contributed by atoms with Crippen LogP contribution in [0.2, 0.25) is 10.0 Å². The van der Waals surface area contributed by atoms with Crippen molar-refractivity contribution < 1.29 is 22.4 Å². The van der Waals surface area contributed by atoms with Gasteiger partial charge in [-0.3, -0.25) is 13.9 Å². The zero-order valence-electron chi connectivity index (χ0n) is 23.2. The largest absolute Gasteiger partial charge is 0.354 e. The molecule has 0 aliphatic heterocycles. The Bertz CT molecular complexity index is 1470. The molecule has 11 heteroatoms. The third kappa shape index (κ3) is 8.21. The molecule has 0 saturated carbocycles. The molecule has 0 saturated heterocycles. The van der Waals surface area contributed by atoms with Crippen LogP contribution in [0, 0.1) is 12.7 Å². The van der Waals surface area contributed by atoms with Crippen LogP contribution in [0.4, 0.5) is 10.1 Å². The number of unbranched alkanes of at least 4 members (excludes halogenated alkanes) is 1. The predicted octanol–water partition coefficient (Wildman–Crippen LogP) is 6.36. The highest BCUT2D eigenvalue weighted by molar-refractivity contribution is 7.92. The summed E-state index contributed by atoms with van der Waals surface area (Å²) in [4.78, 5) is 28.4. The van der Waals surface area contributed by atoms with Crippen molar-refractivity contribution in [1.29, 1.82) is 0 Å². The van der Waals surface area contributed by atoms with Gasteiger partial charge in [0, 0.05) is 13.1 Å². The van der Waals surface area contributed by atoms with Gasteiger partial charge in [0.2, 0.25) is 11.8 Å². The molecule has 3 rings (SSSR count). The Balaban J connectivity index is 2.06. The number of rotatable bonds is 13. The lowest BCUT2D eigenvalue weighted by Crippen LogP contribution is -2.52. The highest BCUT2D eigenvalue weighted by Crippen LogP contribution is 2.28. The maximum absolute atomic E-state index is 15.0. The first-order chi connectivity index (χ1) is 19.5. The highest BCUT2D eigenvalue weighted by atomic mass is 35.5. The molecule has 3 aromatic carbocycles. The van der Waals surface area contributed by atoms with Gasteiger partial charge in [0.1, 0.15) is 18.4 Å². The number of carbonyl (C=O) groups excluding carboxylic acids is 2. The molecular weight excluding hydrogens is 588 g/mol. The quantitative estimate of drug-likeness (QED) is 0.225.